The van der Waals surface area contributed by atoms with Gasteiger partial charge in [-0.25, -0.2) is 4.98 Å². The van der Waals surface area contributed by atoms with Crippen LogP contribution in [0.25, 0.3) is 22.5 Å². The Balaban J connectivity index is 2.18. The predicted molar refractivity (Wildman–Crippen MR) is 70.0 cm³/mol. The van der Waals surface area contributed by atoms with Gasteiger partial charge in [0.15, 0.2) is 0 Å². The number of anilines is 1. The summed E-state index contributed by atoms with van der Waals surface area (Å²) in [5, 5.41) is 6.92. The van der Waals surface area contributed by atoms with Crippen LogP contribution in [0.5, 0.6) is 0 Å². The number of pyridine rings is 1. The highest BCUT2D eigenvalue weighted by molar-refractivity contribution is 7.09. The molecule has 5 nitrogen and oxygen atoms in total. The molecule has 3 heterocycles. The summed E-state index contributed by atoms with van der Waals surface area (Å²) in [6, 6.07) is 3.73. The summed E-state index contributed by atoms with van der Waals surface area (Å²) in [5.74, 6) is 0.293. The summed E-state index contributed by atoms with van der Waals surface area (Å²) in [7, 11) is 0. The zero-order valence-electron chi connectivity index (χ0n) is 9.62. The lowest BCUT2D eigenvalue weighted by Gasteiger charge is -1.99. The highest BCUT2D eigenvalue weighted by atomic mass is 32.1. The number of nitrogen functional groups attached to an aromatic ring is 1. The van der Waals surface area contributed by atoms with Crippen LogP contribution in [0.2, 0.25) is 0 Å². The molecule has 0 atom stereocenters. The summed E-state index contributed by atoms with van der Waals surface area (Å²) in [4.78, 5) is 8.39. The van der Waals surface area contributed by atoms with Gasteiger partial charge < -0.3 is 10.3 Å². The van der Waals surface area contributed by atoms with Gasteiger partial charge in [0.25, 0.3) is 0 Å². The molecule has 2 N–H and O–H groups in total. The summed E-state index contributed by atoms with van der Waals surface area (Å²) >= 11 is 1.57. The number of rotatable bonds is 2. The van der Waals surface area contributed by atoms with E-state index in [4.69, 9.17) is 10.3 Å². The zero-order chi connectivity index (χ0) is 12.5. The number of hydrogen-bond acceptors (Lipinski definition) is 6. The molecule has 0 bridgehead atoms. The maximum atomic E-state index is 5.84. The van der Waals surface area contributed by atoms with Gasteiger partial charge in [-0.3, -0.25) is 4.98 Å². The van der Waals surface area contributed by atoms with Crippen LogP contribution in [0.1, 0.15) is 5.01 Å². The van der Waals surface area contributed by atoms with Crippen LogP contribution in [0.15, 0.2) is 34.4 Å². The maximum Gasteiger partial charge on any atom is 0.230 e. The molecule has 0 saturated carbocycles. The van der Waals surface area contributed by atoms with Gasteiger partial charge in [-0.05, 0) is 24.6 Å². The number of thiazole rings is 1. The van der Waals surface area contributed by atoms with Crippen molar-refractivity contribution in [3.8, 4) is 22.5 Å². The van der Waals surface area contributed by atoms with E-state index in [2.05, 4.69) is 15.1 Å². The Morgan fingerprint density at radius 3 is 2.72 bits per heavy atom. The van der Waals surface area contributed by atoms with Gasteiger partial charge in [-0.1, -0.05) is 5.16 Å². The summed E-state index contributed by atoms with van der Waals surface area (Å²) in [6.45, 7) is 1.95. The van der Waals surface area contributed by atoms with Crippen LogP contribution >= 0.6 is 11.3 Å². The first-order valence-electron chi connectivity index (χ1n) is 5.34. The molecule has 18 heavy (non-hydrogen) atoms. The summed E-state index contributed by atoms with van der Waals surface area (Å²) in [6.07, 6.45) is 3.41. The van der Waals surface area contributed by atoms with Gasteiger partial charge in [-0.15, -0.1) is 11.3 Å². The Bertz CT molecular complexity index is 674. The van der Waals surface area contributed by atoms with Gasteiger partial charge >= 0.3 is 0 Å². The molecule has 0 aromatic carbocycles. The first-order chi connectivity index (χ1) is 8.75. The normalized spacial score (nSPS) is 10.7. The highest BCUT2D eigenvalue weighted by Gasteiger charge is 2.18. The first-order valence-corrected chi connectivity index (χ1v) is 6.21. The second-order valence-corrected chi connectivity index (χ2v) is 4.82. The molecule has 0 aliphatic rings. The van der Waals surface area contributed by atoms with Crippen molar-refractivity contribution in [3.05, 3.63) is 34.9 Å². The number of hydrogen-bond donors (Lipinski definition) is 1. The monoisotopic (exact) mass is 258 g/mol. The topological polar surface area (TPSA) is 77.8 Å². The first kappa shape index (κ1) is 10.9. The van der Waals surface area contributed by atoms with E-state index in [1.165, 1.54) is 0 Å². The third-order valence-corrected chi connectivity index (χ3v) is 3.32. The van der Waals surface area contributed by atoms with E-state index < -0.39 is 0 Å². The molecule has 3 aromatic heterocycles. The predicted octanol–water partition coefficient (Wildman–Crippen LogP) is 2.75. The van der Waals surface area contributed by atoms with E-state index in [0.717, 1.165) is 21.8 Å². The molecule has 0 aliphatic heterocycles. The van der Waals surface area contributed by atoms with Crippen LogP contribution in [0, 0.1) is 6.92 Å². The largest absolute Gasteiger partial charge is 0.367 e. The lowest BCUT2D eigenvalue weighted by Crippen LogP contribution is -1.88. The van der Waals surface area contributed by atoms with Crippen LogP contribution < -0.4 is 5.73 Å². The Labute approximate surface area is 107 Å². The van der Waals surface area contributed by atoms with E-state index in [0.29, 0.717) is 11.6 Å². The molecule has 0 radical (unpaired) electrons. The van der Waals surface area contributed by atoms with Gasteiger partial charge in [0.2, 0.25) is 5.88 Å². The number of aromatic nitrogens is 3. The molecule has 0 fully saturated rings. The number of aryl methyl sites for hydroxylation is 1. The molecular formula is C12H10N4OS. The van der Waals surface area contributed by atoms with Crippen molar-refractivity contribution in [1.29, 1.82) is 0 Å². The lowest BCUT2D eigenvalue weighted by molar-refractivity contribution is 0.439. The highest BCUT2D eigenvalue weighted by Crippen LogP contribution is 2.35. The van der Waals surface area contributed by atoms with E-state index in [-0.39, 0.29) is 0 Å². The maximum absolute atomic E-state index is 5.84. The van der Waals surface area contributed by atoms with Crippen molar-refractivity contribution in [2.75, 3.05) is 5.73 Å². The van der Waals surface area contributed by atoms with Gasteiger partial charge in [-0.2, -0.15) is 0 Å². The fourth-order valence-corrected chi connectivity index (χ4v) is 2.34. The second kappa shape index (κ2) is 4.23. The van der Waals surface area contributed by atoms with Crippen molar-refractivity contribution in [1.82, 2.24) is 15.1 Å². The third kappa shape index (κ3) is 1.76. The molecule has 0 saturated heterocycles. The molecule has 3 aromatic rings. The van der Waals surface area contributed by atoms with E-state index >= 15 is 0 Å². The molecular weight excluding hydrogens is 248 g/mol. The SMILES string of the molecule is Cc1nc(-c2noc(N)c2-c2ccncc2)cs1. The Kier molecular flexibility index (Phi) is 2.56. The van der Waals surface area contributed by atoms with Crippen molar-refractivity contribution in [2.24, 2.45) is 0 Å². The lowest BCUT2D eigenvalue weighted by atomic mass is 10.1. The van der Waals surface area contributed by atoms with Crippen LogP contribution in [-0.2, 0) is 0 Å². The molecule has 0 amide bonds. The molecule has 0 aliphatic carbocycles. The van der Waals surface area contributed by atoms with Crippen LogP contribution in [0.4, 0.5) is 5.88 Å². The van der Waals surface area contributed by atoms with Gasteiger partial charge in [0.1, 0.15) is 11.4 Å². The average molecular weight is 258 g/mol. The van der Waals surface area contributed by atoms with Crippen molar-refractivity contribution < 1.29 is 4.52 Å². The summed E-state index contributed by atoms with van der Waals surface area (Å²) in [5.41, 5.74) is 8.98. The second-order valence-electron chi connectivity index (χ2n) is 3.76. The van der Waals surface area contributed by atoms with Gasteiger partial charge in [0.05, 0.1) is 10.6 Å². The van der Waals surface area contributed by atoms with Crippen LogP contribution in [-0.4, -0.2) is 15.1 Å². The van der Waals surface area contributed by atoms with Crippen molar-refractivity contribution in [2.45, 2.75) is 6.92 Å². The fourth-order valence-electron chi connectivity index (χ4n) is 1.75. The Morgan fingerprint density at radius 2 is 2.06 bits per heavy atom. The smallest absolute Gasteiger partial charge is 0.230 e. The summed E-state index contributed by atoms with van der Waals surface area (Å²) < 4.78 is 5.09. The number of nitrogens with zero attached hydrogens (tertiary/aromatic N) is 3. The molecule has 0 spiro atoms. The van der Waals surface area contributed by atoms with E-state index in [1.807, 2.05) is 24.4 Å². The fraction of sp³-hybridized carbons (Fsp3) is 0.0833. The molecule has 0 unspecified atom stereocenters. The molecule has 6 heteroatoms. The third-order valence-electron chi connectivity index (χ3n) is 2.55. The minimum absolute atomic E-state index is 0.293. The zero-order valence-corrected chi connectivity index (χ0v) is 10.4. The Morgan fingerprint density at radius 1 is 1.28 bits per heavy atom. The average Bonchev–Trinajstić information content (AvgIpc) is 2.96. The molecule has 90 valence electrons. The quantitative estimate of drug-likeness (QED) is 0.764. The van der Waals surface area contributed by atoms with Crippen molar-refractivity contribution >= 4 is 17.2 Å². The van der Waals surface area contributed by atoms with E-state index in [9.17, 15) is 0 Å². The van der Waals surface area contributed by atoms with Crippen molar-refractivity contribution in [3.63, 3.8) is 0 Å². The standard InChI is InChI=1S/C12H10N4OS/c1-7-15-9(6-18-7)11-10(12(13)17-16-11)8-2-4-14-5-3-8/h2-6H,13H2,1H3. The molecule has 3 rings (SSSR count). The van der Waals surface area contributed by atoms with E-state index in [1.54, 1.807) is 23.7 Å². The van der Waals surface area contributed by atoms with Crippen LogP contribution in [0.3, 0.4) is 0 Å². The number of nitrogens with two attached hydrogens (primary N) is 1. The Hall–Kier alpha value is -2.21. The minimum Gasteiger partial charge on any atom is -0.367 e. The van der Waals surface area contributed by atoms with Gasteiger partial charge in [0, 0.05) is 17.8 Å². The minimum atomic E-state index is 0.293.